The molecule has 18 heavy (non-hydrogen) atoms. The molecule has 0 radical (unpaired) electrons. The molecule has 3 nitrogen and oxygen atoms in total. The lowest BCUT2D eigenvalue weighted by atomic mass is 10.2. The Hall–Kier alpha value is -0.00312. The molecule has 0 spiro atoms. The zero-order chi connectivity index (χ0) is 14.8. The molecule has 1 atom stereocenters. The summed E-state index contributed by atoms with van der Waals surface area (Å²) in [5.41, 5.74) is 0.813. The second-order valence-electron chi connectivity index (χ2n) is 7.24. The van der Waals surface area contributed by atoms with Gasteiger partial charge in [-0.2, -0.15) is 4.40 Å². The number of hydrogen-bond acceptors (Lipinski definition) is 2. The third kappa shape index (κ3) is 5.76. The first kappa shape index (κ1) is 18.0. The lowest BCUT2D eigenvalue weighted by molar-refractivity contribution is 0.340. The monoisotopic (exact) mass is 291 g/mol. The number of rotatable bonds is 4. The molecule has 0 aromatic carbocycles. The summed E-state index contributed by atoms with van der Waals surface area (Å²) in [6.45, 7) is 19.2. The van der Waals surface area contributed by atoms with E-state index in [9.17, 15) is 4.21 Å². The summed E-state index contributed by atoms with van der Waals surface area (Å²) in [7, 11) is -2.94. The third-order valence-corrected chi connectivity index (χ3v) is 9.21. The fraction of sp³-hybridized carbons (Fsp3) is 0.923. The van der Waals surface area contributed by atoms with Crippen LogP contribution in [-0.4, -0.2) is 29.6 Å². The lowest BCUT2D eigenvalue weighted by Gasteiger charge is -2.36. The van der Waals surface area contributed by atoms with Gasteiger partial charge in [0.15, 0.2) is 8.32 Å². The van der Waals surface area contributed by atoms with Crippen molar-refractivity contribution in [1.82, 2.24) is 0 Å². The molecule has 0 fully saturated rings. The maximum atomic E-state index is 11.9. The van der Waals surface area contributed by atoms with Crippen molar-refractivity contribution in [3.63, 3.8) is 0 Å². The summed E-state index contributed by atoms with van der Waals surface area (Å²) < 4.78 is 21.8. The van der Waals surface area contributed by atoms with E-state index in [2.05, 4.69) is 38.3 Å². The molecule has 108 valence electrons. The van der Waals surface area contributed by atoms with E-state index >= 15 is 0 Å². The van der Waals surface area contributed by atoms with Gasteiger partial charge in [-0.15, -0.1) is 0 Å². The SMILES string of the molecule is CC(CO[Si](C)(C)C(C)(C)C)=N[S@@](=O)C(C)(C)C. The molecule has 0 amide bonds. The van der Waals surface area contributed by atoms with Gasteiger partial charge in [-0.05, 0) is 45.8 Å². The Labute approximate surface area is 116 Å². The minimum absolute atomic E-state index is 0.191. The van der Waals surface area contributed by atoms with Crippen LogP contribution in [0.1, 0.15) is 48.5 Å². The molecule has 0 heterocycles. The Morgan fingerprint density at radius 3 is 1.94 bits per heavy atom. The second-order valence-corrected chi connectivity index (χ2v) is 14.0. The molecule has 0 rings (SSSR count). The summed E-state index contributed by atoms with van der Waals surface area (Å²) in [4.78, 5) is 0. The second kappa shape index (κ2) is 5.97. The van der Waals surface area contributed by atoms with E-state index in [1.807, 2.05) is 27.7 Å². The average molecular weight is 292 g/mol. The third-order valence-electron chi connectivity index (χ3n) is 3.21. The highest BCUT2D eigenvalue weighted by Crippen LogP contribution is 2.36. The smallest absolute Gasteiger partial charge is 0.192 e. The molecule has 0 aromatic heterocycles. The molecule has 0 saturated heterocycles. The maximum Gasteiger partial charge on any atom is 0.192 e. The molecular formula is C13H29NO2SSi. The minimum atomic E-state index is -1.74. The Morgan fingerprint density at radius 2 is 1.61 bits per heavy atom. The maximum absolute atomic E-state index is 11.9. The first-order valence-electron chi connectivity index (χ1n) is 6.37. The Kier molecular flexibility index (Phi) is 5.97. The van der Waals surface area contributed by atoms with Crippen LogP contribution < -0.4 is 0 Å². The van der Waals surface area contributed by atoms with Gasteiger partial charge in [0.2, 0.25) is 0 Å². The standard InChI is InChI=1S/C13H29NO2SSi/c1-11(14-17(15)12(2,3)4)10-16-18(8,9)13(5,6)7/h10H2,1-9H3/t17-/m0/s1. The predicted molar refractivity (Wildman–Crippen MR) is 84.2 cm³/mol. The number of hydrogen-bond donors (Lipinski definition) is 0. The molecular weight excluding hydrogens is 262 g/mol. The van der Waals surface area contributed by atoms with Gasteiger partial charge in [0.1, 0.15) is 11.0 Å². The van der Waals surface area contributed by atoms with Crippen molar-refractivity contribution in [3.8, 4) is 0 Å². The van der Waals surface area contributed by atoms with Crippen molar-refractivity contribution >= 4 is 25.0 Å². The molecule has 0 saturated carbocycles. The van der Waals surface area contributed by atoms with E-state index in [1.54, 1.807) is 0 Å². The van der Waals surface area contributed by atoms with E-state index in [-0.39, 0.29) is 9.79 Å². The predicted octanol–water partition coefficient (Wildman–Crippen LogP) is 3.93. The van der Waals surface area contributed by atoms with Gasteiger partial charge in [-0.25, -0.2) is 4.21 Å². The van der Waals surface area contributed by atoms with Crippen LogP contribution in [0.25, 0.3) is 0 Å². The molecule has 0 aliphatic rings. The van der Waals surface area contributed by atoms with Gasteiger partial charge in [-0.1, -0.05) is 20.8 Å². The van der Waals surface area contributed by atoms with E-state index in [0.717, 1.165) is 5.71 Å². The van der Waals surface area contributed by atoms with Crippen LogP contribution >= 0.6 is 0 Å². The van der Waals surface area contributed by atoms with Crippen LogP contribution in [0.5, 0.6) is 0 Å². The van der Waals surface area contributed by atoms with Gasteiger partial charge in [0, 0.05) is 0 Å². The van der Waals surface area contributed by atoms with Crippen molar-refractivity contribution in [2.75, 3.05) is 6.61 Å². The Bertz CT molecular complexity index is 338. The van der Waals surface area contributed by atoms with Gasteiger partial charge in [-0.3, -0.25) is 0 Å². The molecule has 0 unspecified atom stereocenters. The Morgan fingerprint density at radius 1 is 1.17 bits per heavy atom. The summed E-state index contributed by atoms with van der Waals surface area (Å²) in [5, 5.41) is 0.191. The normalized spacial score (nSPS) is 16.8. The zero-order valence-corrected chi connectivity index (χ0v) is 15.2. The van der Waals surface area contributed by atoms with Crippen molar-refractivity contribution in [1.29, 1.82) is 0 Å². The van der Waals surface area contributed by atoms with Crippen molar-refractivity contribution < 1.29 is 8.63 Å². The van der Waals surface area contributed by atoms with Gasteiger partial charge >= 0.3 is 0 Å². The highest BCUT2D eigenvalue weighted by Gasteiger charge is 2.37. The summed E-state index contributed by atoms with van der Waals surface area (Å²) in [6, 6.07) is 0. The van der Waals surface area contributed by atoms with Crippen LogP contribution in [0.2, 0.25) is 18.1 Å². The lowest BCUT2D eigenvalue weighted by Crippen LogP contribution is -2.41. The first-order chi connectivity index (χ1) is 7.77. The van der Waals surface area contributed by atoms with Crippen LogP contribution in [-0.2, 0) is 15.4 Å². The van der Waals surface area contributed by atoms with E-state index in [1.165, 1.54) is 0 Å². The van der Waals surface area contributed by atoms with E-state index in [4.69, 9.17) is 4.43 Å². The minimum Gasteiger partial charge on any atom is -0.411 e. The fourth-order valence-electron chi connectivity index (χ4n) is 0.806. The van der Waals surface area contributed by atoms with Gasteiger partial charge < -0.3 is 4.43 Å². The van der Waals surface area contributed by atoms with Crippen molar-refractivity contribution in [2.45, 2.75) is 71.3 Å². The topological polar surface area (TPSA) is 38.7 Å². The summed E-state index contributed by atoms with van der Waals surface area (Å²) in [6.07, 6.45) is 0. The highest BCUT2D eigenvalue weighted by atomic mass is 32.2. The quantitative estimate of drug-likeness (QED) is 0.581. The molecule has 0 aliphatic carbocycles. The zero-order valence-electron chi connectivity index (χ0n) is 13.4. The molecule has 0 aliphatic heterocycles. The van der Waals surface area contributed by atoms with E-state index in [0.29, 0.717) is 6.61 Å². The van der Waals surface area contributed by atoms with Crippen molar-refractivity contribution in [3.05, 3.63) is 0 Å². The molecule has 5 heteroatoms. The van der Waals surface area contributed by atoms with Crippen LogP contribution in [0.3, 0.4) is 0 Å². The van der Waals surface area contributed by atoms with E-state index < -0.39 is 19.3 Å². The summed E-state index contributed by atoms with van der Waals surface area (Å²) >= 11 is 0. The van der Waals surface area contributed by atoms with Gasteiger partial charge in [0.25, 0.3) is 0 Å². The number of nitrogens with zero attached hydrogens (tertiary/aromatic N) is 1. The summed E-state index contributed by atoms with van der Waals surface area (Å²) in [5.74, 6) is 0. The Balaban J connectivity index is 4.58. The van der Waals surface area contributed by atoms with Crippen molar-refractivity contribution in [2.24, 2.45) is 4.40 Å². The molecule has 0 aromatic rings. The van der Waals surface area contributed by atoms with Crippen LogP contribution in [0.15, 0.2) is 4.40 Å². The first-order valence-corrected chi connectivity index (χ1v) is 10.4. The molecule has 0 N–H and O–H groups in total. The highest BCUT2D eigenvalue weighted by molar-refractivity contribution is 7.85. The molecule has 0 bridgehead atoms. The largest absolute Gasteiger partial charge is 0.411 e. The fourth-order valence-corrected chi connectivity index (χ4v) is 2.42. The average Bonchev–Trinajstić information content (AvgIpc) is 2.11. The van der Waals surface area contributed by atoms with Crippen LogP contribution in [0, 0.1) is 0 Å². The van der Waals surface area contributed by atoms with Gasteiger partial charge in [0.05, 0.1) is 17.1 Å². The van der Waals surface area contributed by atoms with Crippen LogP contribution in [0.4, 0.5) is 0 Å².